The zero-order valence-corrected chi connectivity index (χ0v) is 15.3. The highest BCUT2D eigenvalue weighted by Gasteiger charge is 2.16. The number of carbonyl (C=O) groups excluding carboxylic acids is 1. The number of nitrogens with zero attached hydrogens (tertiary/aromatic N) is 4. The number of ether oxygens (including phenoxy) is 2. The van der Waals surface area contributed by atoms with Gasteiger partial charge in [-0.15, -0.1) is 0 Å². The molecule has 1 heterocycles. The number of rotatable bonds is 8. The van der Waals surface area contributed by atoms with Gasteiger partial charge in [-0.1, -0.05) is 12.1 Å². The number of anilines is 3. The van der Waals surface area contributed by atoms with E-state index in [0.717, 1.165) is 0 Å². The molecule has 0 radical (unpaired) electrons. The maximum atomic E-state index is 13.0. The monoisotopic (exact) mass is 414 g/mol. The lowest BCUT2D eigenvalue weighted by Gasteiger charge is -2.09. The number of esters is 1. The van der Waals surface area contributed by atoms with Crippen molar-refractivity contribution in [2.45, 2.75) is 6.61 Å². The average molecular weight is 414 g/mol. The van der Waals surface area contributed by atoms with Crippen molar-refractivity contribution in [2.24, 2.45) is 0 Å². The molecule has 3 aromatic rings. The van der Waals surface area contributed by atoms with Crippen LogP contribution in [-0.4, -0.2) is 32.5 Å². The smallest absolute Gasteiger partial charge is 0.344 e. The number of hydrogen-bond donors (Lipinski definition) is 2. The molecule has 30 heavy (non-hydrogen) atoms. The second kappa shape index (κ2) is 9.23. The van der Waals surface area contributed by atoms with E-state index in [2.05, 4.69) is 20.3 Å². The Morgan fingerprint density at radius 3 is 2.60 bits per heavy atom. The van der Waals surface area contributed by atoms with Crippen molar-refractivity contribution in [1.82, 2.24) is 15.0 Å². The number of para-hydroxylation sites is 2. The van der Waals surface area contributed by atoms with Crippen molar-refractivity contribution >= 4 is 29.2 Å². The number of nitrogens with one attached hydrogen (secondary N) is 1. The van der Waals surface area contributed by atoms with E-state index in [0.29, 0.717) is 5.69 Å². The molecular formula is C18H15FN6O5. The van der Waals surface area contributed by atoms with Crippen molar-refractivity contribution in [3.05, 3.63) is 70.3 Å². The van der Waals surface area contributed by atoms with Crippen LogP contribution in [0.15, 0.2) is 48.5 Å². The van der Waals surface area contributed by atoms with Gasteiger partial charge in [0.1, 0.15) is 5.82 Å². The highest BCUT2D eigenvalue weighted by molar-refractivity contribution is 5.71. The molecule has 0 unspecified atom stereocenters. The Kier molecular flexibility index (Phi) is 6.27. The minimum absolute atomic E-state index is 0.0605. The van der Waals surface area contributed by atoms with E-state index in [1.807, 2.05) is 0 Å². The van der Waals surface area contributed by atoms with Crippen LogP contribution < -0.4 is 15.8 Å². The van der Waals surface area contributed by atoms with Gasteiger partial charge < -0.3 is 20.5 Å². The standard InChI is InChI=1S/C18H15FN6O5/c19-11-5-7-12(8-6-11)21-18-23-15(22-17(20)24-18)9-30-16(26)10-29-14-4-2-1-3-13(14)25(27)28/h1-8H,9-10H2,(H3,20,21,22,23,24). The normalized spacial score (nSPS) is 10.3. The van der Waals surface area contributed by atoms with E-state index < -0.39 is 23.3 Å². The SMILES string of the molecule is Nc1nc(COC(=O)COc2ccccc2[N+](=O)[O-])nc(Nc2ccc(F)cc2)n1. The first-order chi connectivity index (χ1) is 14.4. The van der Waals surface area contributed by atoms with Gasteiger partial charge in [0, 0.05) is 11.8 Å². The largest absolute Gasteiger partial charge is 0.475 e. The maximum Gasteiger partial charge on any atom is 0.344 e. The van der Waals surface area contributed by atoms with Crippen LogP contribution >= 0.6 is 0 Å². The molecule has 0 saturated heterocycles. The minimum Gasteiger partial charge on any atom is -0.475 e. The van der Waals surface area contributed by atoms with Gasteiger partial charge in [-0.3, -0.25) is 10.1 Å². The summed E-state index contributed by atoms with van der Waals surface area (Å²) in [5, 5.41) is 13.8. The Bertz CT molecular complexity index is 1060. The third kappa shape index (κ3) is 5.58. The second-order valence-electron chi connectivity index (χ2n) is 5.74. The van der Waals surface area contributed by atoms with E-state index in [1.165, 1.54) is 48.5 Å². The van der Waals surface area contributed by atoms with Crippen LogP contribution in [0.4, 0.5) is 27.7 Å². The van der Waals surface area contributed by atoms with Gasteiger partial charge in [0.2, 0.25) is 11.9 Å². The summed E-state index contributed by atoms with van der Waals surface area (Å²) in [4.78, 5) is 34.0. The number of benzene rings is 2. The summed E-state index contributed by atoms with van der Waals surface area (Å²) in [5.74, 6) is -1.22. The van der Waals surface area contributed by atoms with Crippen molar-refractivity contribution in [1.29, 1.82) is 0 Å². The highest BCUT2D eigenvalue weighted by Crippen LogP contribution is 2.25. The number of carbonyl (C=O) groups is 1. The number of nitro groups is 1. The number of hydrogen-bond acceptors (Lipinski definition) is 10. The van der Waals surface area contributed by atoms with Gasteiger partial charge in [-0.05, 0) is 30.3 Å². The molecule has 11 nitrogen and oxygen atoms in total. The first kappa shape index (κ1) is 20.4. The van der Waals surface area contributed by atoms with Gasteiger partial charge in [0.15, 0.2) is 24.8 Å². The molecule has 0 aliphatic rings. The summed E-state index contributed by atoms with van der Waals surface area (Å²) in [6.07, 6.45) is 0. The lowest BCUT2D eigenvalue weighted by Crippen LogP contribution is -2.17. The van der Waals surface area contributed by atoms with Crippen LogP contribution in [-0.2, 0) is 16.1 Å². The molecular weight excluding hydrogens is 399 g/mol. The molecule has 12 heteroatoms. The summed E-state index contributed by atoms with van der Waals surface area (Å²) in [5.41, 5.74) is 5.88. The fourth-order valence-corrected chi connectivity index (χ4v) is 2.27. The molecule has 0 bridgehead atoms. The minimum atomic E-state index is -0.792. The Morgan fingerprint density at radius 1 is 1.13 bits per heavy atom. The third-order valence-corrected chi connectivity index (χ3v) is 3.57. The summed E-state index contributed by atoms with van der Waals surface area (Å²) in [6.45, 7) is -0.879. The molecule has 3 rings (SSSR count). The van der Waals surface area contributed by atoms with E-state index >= 15 is 0 Å². The Labute approximate surface area is 168 Å². The predicted octanol–water partition coefficient (Wildman–Crippen LogP) is 2.37. The van der Waals surface area contributed by atoms with Gasteiger partial charge in [0.05, 0.1) is 4.92 Å². The quantitative estimate of drug-likeness (QED) is 0.319. The fourth-order valence-electron chi connectivity index (χ4n) is 2.27. The van der Waals surface area contributed by atoms with Gasteiger partial charge in [0.25, 0.3) is 0 Å². The Morgan fingerprint density at radius 2 is 1.87 bits per heavy atom. The Balaban J connectivity index is 1.57. The van der Waals surface area contributed by atoms with Crippen LogP contribution in [0, 0.1) is 15.9 Å². The number of aromatic nitrogens is 3. The first-order valence-electron chi connectivity index (χ1n) is 8.45. The molecule has 154 valence electrons. The molecule has 1 aromatic heterocycles. The van der Waals surface area contributed by atoms with Crippen LogP contribution in [0.2, 0.25) is 0 Å². The van der Waals surface area contributed by atoms with Crippen molar-refractivity contribution < 1.29 is 23.6 Å². The zero-order valence-electron chi connectivity index (χ0n) is 15.3. The van der Waals surface area contributed by atoms with E-state index in [-0.39, 0.29) is 35.8 Å². The molecule has 0 fully saturated rings. The van der Waals surface area contributed by atoms with Gasteiger partial charge in [-0.2, -0.15) is 15.0 Å². The van der Waals surface area contributed by atoms with Crippen LogP contribution in [0.25, 0.3) is 0 Å². The van der Waals surface area contributed by atoms with Gasteiger partial charge >= 0.3 is 11.7 Å². The number of nitrogens with two attached hydrogens (primary N) is 1. The topological polar surface area (TPSA) is 155 Å². The maximum absolute atomic E-state index is 13.0. The second-order valence-corrected chi connectivity index (χ2v) is 5.74. The van der Waals surface area contributed by atoms with Crippen molar-refractivity contribution in [3.63, 3.8) is 0 Å². The number of nitro benzene ring substituents is 1. The summed E-state index contributed by atoms with van der Waals surface area (Å²) in [6, 6.07) is 11.1. The summed E-state index contributed by atoms with van der Waals surface area (Å²) in [7, 11) is 0. The lowest BCUT2D eigenvalue weighted by molar-refractivity contribution is -0.385. The van der Waals surface area contributed by atoms with E-state index in [9.17, 15) is 19.3 Å². The first-order valence-corrected chi connectivity index (χ1v) is 8.45. The summed E-state index contributed by atoms with van der Waals surface area (Å²) >= 11 is 0. The Hall–Kier alpha value is -4.35. The summed E-state index contributed by atoms with van der Waals surface area (Å²) < 4.78 is 23.1. The lowest BCUT2D eigenvalue weighted by atomic mass is 10.3. The molecule has 0 saturated carbocycles. The van der Waals surface area contributed by atoms with Crippen molar-refractivity contribution in [3.8, 4) is 5.75 Å². The molecule has 0 aliphatic heterocycles. The van der Waals surface area contributed by atoms with Crippen LogP contribution in [0.3, 0.4) is 0 Å². The van der Waals surface area contributed by atoms with Crippen LogP contribution in [0.5, 0.6) is 5.75 Å². The fraction of sp³-hybridized carbons (Fsp3) is 0.111. The third-order valence-electron chi connectivity index (χ3n) is 3.57. The molecule has 3 N–H and O–H groups in total. The van der Waals surface area contributed by atoms with Crippen LogP contribution in [0.1, 0.15) is 5.82 Å². The predicted molar refractivity (Wildman–Crippen MR) is 102 cm³/mol. The molecule has 0 aliphatic carbocycles. The van der Waals surface area contributed by atoms with Crippen molar-refractivity contribution in [2.75, 3.05) is 17.7 Å². The number of halogens is 1. The molecule has 0 atom stereocenters. The highest BCUT2D eigenvalue weighted by atomic mass is 19.1. The molecule has 2 aromatic carbocycles. The average Bonchev–Trinajstić information content (AvgIpc) is 2.72. The van der Waals surface area contributed by atoms with Gasteiger partial charge in [-0.25, -0.2) is 9.18 Å². The molecule has 0 amide bonds. The number of nitrogen functional groups attached to an aromatic ring is 1. The zero-order chi connectivity index (χ0) is 21.5. The van der Waals surface area contributed by atoms with E-state index in [4.69, 9.17) is 15.2 Å². The van der Waals surface area contributed by atoms with E-state index in [1.54, 1.807) is 0 Å². The molecule has 0 spiro atoms.